The van der Waals surface area contributed by atoms with E-state index in [2.05, 4.69) is 5.32 Å². The standard InChI is InChI=1S/C19H15FN2O/c20-17-11-10-16(12-18(17)21)22-19(23)15-8-6-14(7-9-15)13-4-2-1-3-5-13/h1-12H,21H2,(H,22,23). The van der Waals surface area contributed by atoms with E-state index in [0.29, 0.717) is 11.3 Å². The van der Waals surface area contributed by atoms with Gasteiger partial charge in [-0.05, 0) is 41.5 Å². The third-order valence-corrected chi connectivity index (χ3v) is 3.51. The number of nitrogen functional groups attached to an aromatic ring is 1. The molecule has 0 fully saturated rings. The zero-order valence-electron chi connectivity index (χ0n) is 12.3. The van der Waals surface area contributed by atoms with Gasteiger partial charge in [0.2, 0.25) is 0 Å². The molecule has 4 heteroatoms. The van der Waals surface area contributed by atoms with Gasteiger partial charge in [0.1, 0.15) is 5.82 Å². The molecule has 0 unspecified atom stereocenters. The molecule has 0 saturated carbocycles. The second kappa shape index (κ2) is 6.32. The lowest BCUT2D eigenvalue weighted by molar-refractivity contribution is 0.102. The van der Waals surface area contributed by atoms with Crippen LogP contribution in [0.15, 0.2) is 72.8 Å². The molecule has 0 spiro atoms. The highest BCUT2D eigenvalue weighted by molar-refractivity contribution is 6.04. The van der Waals surface area contributed by atoms with Crippen LogP contribution in [0.25, 0.3) is 11.1 Å². The van der Waals surface area contributed by atoms with Crippen LogP contribution in [0.5, 0.6) is 0 Å². The van der Waals surface area contributed by atoms with E-state index in [1.165, 1.54) is 18.2 Å². The van der Waals surface area contributed by atoms with Crippen LogP contribution in [0.1, 0.15) is 10.4 Å². The lowest BCUT2D eigenvalue weighted by Crippen LogP contribution is -2.12. The first-order valence-corrected chi connectivity index (χ1v) is 7.15. The van der Waals surface area contributed by atoms with Crippen molar-refractivity contribution >= 4 is 17.3 Å². The molecular formula is C19H15FN2O. The number of hydrogen-bond donors (Lipinski definition) is 2. The van der Waals surface area contributed by atoms with E-state index in [1.807, 2.05) is 42.5 Å². The van der Waals surface area contributed by atoms with E-state index in [9.17, 15) is 9.18 Å². The molecule has 0 aliphatic heterocycles. The number of anilines is 2. The van der Waals surface area contributed by atoms with Crippen molar-refractivity contribution < 1.29 is 9.18 Å². The Bertz CT molecular complexity index is 830. The molecule has 0 atom stereocenters. The SMILES string of the molecule is Nc1cc(NC(=O)c2ccc(-c3ccccc3)cc2)ccc1F. The predicted octanol–water partition coefficient (Wildman–Crippen LogP) is 4.33. The predicted molar refractivity (Wildman–Crippen MR) is 90.6 cm³/mol. The van der Waals surface area contributed by atoms with Crippen LogP contribution in [0.2, 0.25) is 0 Å². The summed E-state index contributed by atoms with van der Waals surface area (Å²) in [4.78, 5) is 12.2. The summed E-state index contributed by atoms with van der Waals surface area (Å²) >= 11 is 0. The molecule has 0 saturated heterocycles. The van der Waals surface area contributed by atoms with Gasteiger partial charge in [0.25, 0.3) is 5.91 Å². The van der Waals surface area contributed by atoms with Crippen LogP contribution in [0, 0.1) is 5.82 Å². The van der Waals surface area contributed by atoms with Gasteiger partial charge in [-0.15, -0.1) is 0 Å². The number of halogens is 1. The van der Waals surface area contributed by atoms with Crippen LogP contribution < -0.4 is 11.1 Å². The highest BCUT2D eigenvalue weighted by Crippen LogP contribution is 2.20. The lowest BCUT2D eigenvalue weighted by Gasteiger charge is -2.07. The molecule has 3 aromatic carbocycles. The minimum absolute atomic E-state index is 0.00206. The topological polar surface area (TPSA) is 55.1 Å². The smallest absolute Gasteiger partial charge is 0.255 e. The number of nitrogens with two attached hydrogens (primary N) is 1. The van der Waals surface area contributed by atoms with Gasteiger partial charge < -0.3 is 11.1 Å². The van der Waals surface area contributed by atoms with Gasteiger partial charge in [-0.3, -0.25) is 4.79 Å². The van der Waals surface area contributed by atoms with E-state index < -0.39 is 5.82 Å². The number of nitrogens with one attached hydrogen (secondary N) is 1. The fourth-order valence-electron chi connectivity index (χ4n) is 2.27. The Labute approximate surface area is 133 Å². The molecular weight excluding hydrogens is 291 g/mol. The van der Waals surface area contributed by atoms with Crippen molar-refractivity contribution in [3.63, 3.8) is 0 Å². The maximum Gasteiger partial charge on any atom is 0.255 e. The van der Waals surface area contributed by atoms with Crippen LogP contribution in [-0.4, -0.2) is 5.91 Å². The average molecular weight is 306 g/mol. The van der Waals surface area contributed by atoms with Gasteiger partial charge in [0.15, 0.2) is 0 Å². The van der Waals surface area contributed by atoms with Crippen molar-refractivity contribution in [3.8, 4) is 11.1 Å². The number of carbonyl (C=O) groups is 1. The van der Waals surface area contributed by atoms with Gasteiger partial charge in [-0.2, -0.15) is 0 Å². The molecule has 0 aliphatic rings. The maximum absolute atomic E-state index is 13.1. The second-order valence-electron chi connectivity index (χ2n) is 5.13. The average Bonchev–Trinajstić information content (AvgIpc) is 2.59. The first kappa shape index (κ1) is 14.8. The summed E-state index contributed by atoms with van der Waals surface area (Å²) in [5.41, 5.74) is 8.60. The molecule has 3 nitrogen and oxygen atoms in total. The van der Waals surface area contributed by atoms with Crippen molar-refractivity contribution in [3.05, 3.63) is 84.2 Å². The van der Waals surface area contributed by atoms with Gasteiger partial charge >= 0.3 is 0 Å². The monoisotopic (exact) mass is 306 g/mol. The highest BCUT2D eigenvalue weighted by atomic mass is 19.1. The van der Waals surface area contributed by atoms with Gasteiger partial charge in [-0.25, -0.2) is 4.39 Å². The number of rotatable bonds is 3. The van der Waals surface area contributed by atoms with Crippen LogP contribution in [-0.2, 0) is 0 Å². The summed E-state index contributed by atoms with van der Waals surface area (Å²) in [5, 5.41) is 2.70. The molecule has 0 heterocycles. The Kier molecular flexibility index (Phi) is 4.06. The van der Waals surface area contributed by atoms with Gasteiger partial charge in [0.05, 0.1) is 5.69 Å². The lowest BCUT2D eigenvalue weighted by atomic mass is 10.0. The summed E-state index contributed by atoms with van der Waals surface area (Å²) in [5.74, 6) is -0.772. The van der Waals surface area contributed by atoms with E-state index in [4.69, 9.17) is 5.73 Å². The Hall–Kier alpha value is -3.14. The van der Waals surface area contributed by atoms with Gasteiger partial charge in [-0.1, -0.05) is 42.5 Å². The largest absolute Gasteiger partial charge is 0.396 e. The quantitative estimate of drug-likeness (QED) is 0.708. The van der Waals surface area contributed by atoms with Crippen molar-refractivity contribution in [2.24, 2.45) is 0 Å². The van der Waals surface area contributed by atoms with E-state index in [-0.39, 0.29) is 11.6 Å². The molecule has 114 valence electrons. The zero-order chi connectivity index (χ0) is 16.2. The Morgan fingerprint density at radius 3 is 2.17 bits per heavy atom. The Morgan fingerprint density at radius 1 is 0.870 bits per heavy atom. The molecule has 23 heavy (non-hydrogen) atoms. The zero-order valence-corrected chi connectivity index (χ0v) is 12.3. The minimum Gasteiger partial charge on any atom is -0.396 e. The molecule has 3 aromatic rings. The van der Waals surface area contributed by atoms with E-state index >= 15 is 0 Å². The van der Waals surface area contributed by atoms with E-state index in [1.54, 1.807) is 12.1 Å². The van der Waals surface area contributed by atoms with Crippen LogP contribution in [0.3, 0.4) is 0 Å². The van der Waals surface area contributed by atoms with Crippen molar-refractivity contribution in [1.29, 1.82) is 0 Å². The fourth-order valence-corrected chi connectivity index (χ4v) is 2.27. The summed E-state index contributed by atoms with van der Waals surface area (Å²) in [6.45, 7) is 0. The van der Waals surface area contributed by atoms with Crippen LogP contribution in [0.4, 0.5) is 15.8 Å². The van der Waals surface area contributed by atoms with Crippen molar-refractivity contribution in [1.82, 2.24) is 0 Å². The van der Waals surface area contributed by atoms with E-state index in [0.717, 1.165) is 11.1 Å². The van der Waals surface area contributed by atoms with Crippen molar-refractivity contribution in [2.45, 2.75) is 0 Å². The molecule has 0 aliphatic carbocycles. The summed E-state index contributed by atoms with van der Waals surface area (Å²) < 4.78 is 13.1. The summed E-state index contributed by atoms with van der Waals surface area (Å²) in [6.07, 6.45) is 0. The number of hydrogen-bond acceptors (Lipinski definition) is 2. The Morgan fingerprint density at radius 2 is 1.52 bits per heavy atom. The van der Waals surface area contributed by atoms with Crippen LogP contribution >= 0.6 is 0 Å². The number of carbonyl (C=O) groups excluding carboxylic acids is 1. The molecule has 0 bridgehead atoms. The number of amides is 1. The van der Waals surface area contributed by atoms with Crippen molar-refractivity contribution in [2.75, 3.05) is 11.1 Å². The normalized spacial score (nSPS) is 10.3. The molecule has 1 amide bonds. The first-order valence-electron chi connectivity index (χ1n) is 7.15. The summed E-state index contributed by atoms with van der Waals surface area (Å²) in [7, 11) is 0. The third-order valence-electron chi connectivity index (χ3n) is 3.51. The fraction of sp³-hybridized carbons (Fsp3) is 0. The summed E-state index contributed by atoms with van der Waals surface area (Å²) in [6, 6.07) is 21.3. The third kappa shape index (κ3) is 3.37. The highest BCUT2D eigenvalue weighted by Gasteiger charge is 2.08. The minimum atomic E-state index is -0.504. The number of benzene rings is 3. The Balaban J connectivity index is 1.76. The van der Waals surface area contributed by atoms with Gasteiger partial charge in [0, 0.05) is 11.3 Å². The molecule has 3 N–H and O–H groups in total. The maximum atomic E-state index is 13.1. The molecule has 3 rings (SSSR count). The molecule has 0 aromatic heterocycles. The first-order chi connectivity index (χ1) is 11.1. The molecule has 0 radical (unpaired) electrons. The second-order valence-corrected chi connectivity index (χ2v) is 5.13.